The summed E-state index contributed by atoms with van der Waals surface area (Å²) in [5, 5.41) is 3.13. The van der Waals surface area contributed by atoms with E-state index in [2.05, 4.69) is 0 Å². The van der Waals surface area contributed by atoms with Crippen molar-refractivity contribution < 1.29 is 9.59 Å². The van der Waals surface area contributed by atoms with Crippen LogP contribution in [0.5, 0.6) is 0 Å². The Bertz CT molecular complexity index is 194. The minimum absolute atomic E-state index is 0.0327. The van der Waals surface area contributed by atoms with Crippen molar-refractivity contribution in [1.82, 2.24) is 10.0 Å². The van der Waals surface area contributed by atoms with E-state index >= 15 is 0 Å². The van der Waals surface area contributed by atoms with E-state index in [9.17, 15) is 9.59 Å². The van der Waals surface area contributed by atoms with Crippen molar-refractivity contribution in [2.24, 2.45) is 0 Å². The summed E-state index contributed by atoms with van der Waals surface area (Å²) >= 11 is 0. The van der Waals surface area contributed by atoms with Gasteiger partial charge in [0.2, 0.25) is 11.8 Å². The van der Waals surface area contributed by atoms with Crippen LogP contribution in [-0.4, -0.2) is 34.9 Å². The number of rotatable bonds is 1. The third kappa shape index (κ3) is 0.939. The number of amides is 2. The van der Waals surface area contributed by atoms with Crippen molar-refractivity contribution >= 4 is 11.8 Å². The number of hydrazine groups is 1. The third-order valence-electron chi connectivity index (χ3n) is 2.14. The smallest absolute Gasteiger partial charge is 0.244 e. The van der Waals surface area contributed by atoms with Gasteiger partial charge in [-0.15, -0.1) is 0 Å². The molecule has 2 amide bonds. The maximum atomic E-state index is 11.1. The zero-order valence-corrected chi connectivity index (χ0v) is 6.25. The first-order valence-electron chi connectivity index (χ1n) is 3.90. The van der Waals surface area contributed by atoms with E-state index in [1.165, 1.54) is 5.01 Å². The normalized spacial score (nSPS) is 26.0. The molecule has 0 unspecified atom stereocenters. The van der Waals surface area contributed by atoms with Crippen LogP contribution >= 0.6 is 0 Å². The van der Waals surface area contributed by atoms with Crippen LogP contribution in [0, 0.1) is 0 Å². The Balaban J connectivity index is 2.09. The van der Waals surface area contributed by atoms with E-state index in [1.807, 2.05) is 5.01 Å². The first-order chi connectivity index (χ1) is 5.29. The second kappa shape index (κ2) is 2.30. The molecule has 0 spiro atoms. The highest BCUT2D eigenvalue weighted by atomic mass is 16.2. The van der Waals surface area contributed by atoms with E-state index in [-0.39, 0.29) is 11.8 Å². The number of hydrogen-bond acceptors (Lipinski definition) is 3. The second-order valence-corrected chi connectivity index (χ2v) is 2.91. The number of carbonyl (C=O) groups is 2. The Labute approximate surface area is 64.7 Å². The Morgan fingerprint density at radius 1 is 1.00 bits per heavy atom. The fourth-order valence-electron chi connectivity index (χ4n) is 1.38. The Morgan fingerprint density at radius 3 is 1.91 bits per heavy atom. The van der Waals surface area contributed by atoms with Gasteiger partial charge in [-0.2, -0.15) is 0 Å². The summed E-state index contributed by atoms with van der Waals surface area (Å²) in [5.41, 5.74) is 0. The molecule has 0 saturated carbocycles. The number of hydrogen-bond donors (Lipinski definition) is 0. The van der Waals surface area contributed by atoms with Crippen LogP contribution in [0.15, 0.2) is 0 Å². The van der Waals surface area contributed by atoms with E-state index in [1.54, 1.807) is 0 Å². The molecule has 0 bridgehead atoms. The van der Waals surface area contributed by atoms with Crippen molar-refractivity contribution in [3.05, 3.63) is 0 Å². The number of imide groups is 1. The average molecular weight is 154 g/mol. The van der Waals surface area contributed by atoms with Gasteiger partial charge in [0.25, 0.3) is 0 Å². The Kier molecular flexibility index (Phi) is 1.42. The van der Waals surface area contributed by atoms with E-state index in [4.69, 9.17) is 0 Å². The molecule has 2 rings (SSSR count). The minimum Gasteiger partial charge on any atom is -0.273 e. The van der Waals surface area contributed by atoms with Gasteiger partial charge < -0.3 is 0 Å². The predicted octanol–water partition coefficient (Wildman–Crippen LogP) is -0.244. The zero-order valence-electron chi connectivity index (χ0n) is 6.25. The summed E-state index contributed by atoms with van der Waals surface area (Å²) in [6.07, 6.45) is 1.89. The lowest BCUT2D eigenvalue weighted by Crippen LogP contribution is -2.52. The molecule has 11 heavy (non-hydrogen) atoms. The van der Waals surface area contributed by atoms with Gasteiger partial charge in [-0.1, -0.05) is 0 Å². The van der Waals surface area contributed by atoms with Crippen LogP contribution in [0.1, 0.15) is 19.3 Å². The minimum atomic E-state index is -0.0327. The molecule has 0 aromatic rings. The zero-order chi connectivity index (χ0) is 7.84. The summed E-state index contributed by atoms with van der Waals surface area (Å²) in [5.74, 6) is -0.0654. The van der Waals surface area contributed by atoms with Gasteiger partial charge in [-0.25, -0.2) is 10.0 Å². The molecule has 0 radical (unpaired) electrons. The Hall–Kier alpha value is -0.900. The molecule has 0 aliphatic carbocycles. The molecule has 0 atom stereocenters. The lowest BCUT2D eigenvalue weighted by molar-refractivity contribution is -0.163. The molecule has 0 N–H and O–H groups in total. The van der Waals surface area contributed by atoms with E-state index in [0.29, 0.717) is 12.8 Å². The molecular weight excluding hydrogens is 144 g/mol. The molecule has 60 valence electrons. The largest absolute Gasteiger partial charge is 0.273 e. The number of carbonyl (C=O) groups excluding carboxylic acids is 2. The topological polar surface area (TPSA) is 40.6 Å². The van der Waals surface area contributed by atoms with Crippen LogP contribution in [0.2, 0.25) is 0 Å². The van der Waals surface area contributed by atoms with Crippen molar-refractivity contribution in [2.75, 3.05) is 13.1 Å². The van der Waals surface area contributed by atoms with Gasteiger partial charge >= 0.3 is 0 Å². The first kappa shape index (κ1) is 6.79. The molecule has 4 nitrogen and oxygen atoms in total. The summed E-state index contributed by atoms with van der Waals surface area (Å²) in [4.78, 5) is 22.2. The van der Waals surface area contributed by atoms with Crippen LogP contribution < -0.4 is 0 Å². The SMILES string of the molecule is O=C1CCC(=O)N1N1CCC1. The fourth-order valence-corrected chi connectivity index (χ4v) is 1.38. The lowest BCUT2D eigenvalue weighted by Gasteiger charge is -2.36. The Morgan fingerprint density at radius 2 is 1.55 bits per heavy atom. The van der Waals surface area contributed by atoms with Gasteiger partial charge in [-0.05, 0) is 6.42 Å². The second-order valence-electron chi connectivity index (χ2n) is 2.91. The van der Waals surface area contributed by atoms with Crippen LogP contribution in [0.25, 0.3) is 0 Å². The van der Waals surface area contributed by atoms with Gasteiger partial charge in [0.1, 0.15) is 0 Å². The van der Waals surface area contributed by atoms with Gasteiger partial charge in [-0.3, -0.25) is 9.59 Å². The molecule has 2 aliphatic heterocycles. The van der Waals surface area contributed by atoms with Crippen LogP contribution in [0.4, 0.5) is 0 Å². The van der Waals surface area contributed by atoms with Crippen molar-refractivity contribution in [1.29, 1.82) is 0 Å². The summed E-state index contributed by atoms with van der Waals surface area (Å²) in [6, 6.07) is 0. The third-order valence-corrected chi connectivity index (χ3v) is 2.14. The van der Waals surface area contributed by atoms with Gasteiger partial charge in [0, 0.05) is 25.9 Å². The van der Waals surface area contributed by atoms with Crippen molar-refractivity contribution in [3.8, 4) is 0 Å². The standard InChI is InChI=1S/C7H10N2O2/c10-6-2-3-7(11)9(6)8-4-1-5-8/h1-5H2. The quantitative estimate of drug-likeness (QED) is 0.489. The molecule has 2 fully saturated rings. The molecule has 2 heterocycles. The summed E-state index contributed by atoms with van der Waals surface area (Å²) in [6.45, 7) is 1.72. The van der Waals surface area contributed by atoms with Crippen molar-refractivity contribution in [2.45, 2.75) is 19.3 Å². The van der Waals surface area contributed by atoms with Crippen LogP contribution in [0.3, 0.4) is 0 Å². The lowest BCUT2D eigenvalue weighted by atomic mass is 10.3. The highest BCUT2D eigenvalue weighted by Gasteiger charge is 2.36. The summed E-state index contributed by atoms with van der Waals surface area (Å²) < 4.78 is 0. The maximum absolute atomic E-state index is 11.1. The van der Waals surface area contributed by atoms with Gasteiger partial charge in [0.15, 0.2) is 0 Å². The maximum Gasteiger partial charge on any atom is 0.244 e. The molecule has 2 aliphatic rings. The van der Waals surface area contributed by atoms with E-state index < -0.39 is 0 Å². The monoisotopic (exact) mass is 154 g/mol. The predicted molar refractivity (Wildman–Crippen MR) is 37.3 cm³/mol. The van der Waals surface area contributed by atoms with Crippen molar-refractivity contribution in [3.63, 3.8) is 0 Å². The number of nitrogens with zero attached hydrogens (tertiary/aromatic N) is 2. The van der Waals surface area contributed by atoms with Crippen LogP contribution in [-0.2, 0) is 9.59 Å². The highest BCUT2D eigenvalue weighted by Crippen LogP contribution is 2.19. The van der Waals surface area contributed by atoms with Gasteiger partial charge in [0.05, 0.1) is 0 Å². The first-order valence-corrected chi connectivity index (χ1v) is 3.90. The molecule has 0 aromatic heterocycles. The highest BCUT2D eigenvalue weighted by molar-refractivity contribution is 6.01. The van der Waals surface area contributed by atoms with E-state index in [0.717, 1.165) is 19.5 Å². The molecule has 2 saturated heterocycles. The fraction of sp³-hybridized carbons (Fsp3) is 0.714. The molecule has 4 heteroatoms. The molecular formula is C7H10N2O2. The summed E-state index contributed by atoms with van der Waals surface area (Å²) in [7, 11) is 0. The molecule has 0 aromatic carbocycles. The average Bonchev–Trinajstić information content (AvgIpc) is 2.15.